The van der Waals surface area contributed by atoms with E-state index in [1.807, 2.05) is 24.3 Å². The van der Waals surface area contributed by atoms with E-state index in [2.05, 4.69) is 13.2 Å². The van der Waals surface area contributed by atoms with Crippen molar-refractivity contribution in [2.75, 3.05) is 24.7 Å². The van der Waals surface area contributed by atoms with Gasteiger partial charge in [-0.25, -0.2) is 9.59 Å². The Hall–Kier alpha value is -2.77. The lowest BCUT2D eigenvalue weighted by Gasteiger charge is -2.06. The van der Waals surface area contributed by atoms with E-state index in [0.717, 1.165) is 21.9 Å². The van der Waals surface area contributed by atoms with Crippen LogP contribution in [0.4, 0.5) is 0 Å². The van der Waals surface area contributed by atoms with Crippen molar-refractivity contribution in [1.82, 2.24) is 0 Å². The van der Waals surface area contributed by atoms with E-state index >= 15 is 0 Å². The van der Waals surface area contributed by atoms with Crippen LogP contribution in [-0.4, -0.2) is 42.4 Å². The number of hydrogen-bond donors (Lipinski definition) is 0. The summed E-state index contributed by atoms with van der Waals surface area (Å²) in [7, 11) is 0. The van der Waals surface area contributed by atoms with Gasteiger partial charge in [0.25, 0.3) is 0 Å². The van der Waals surface area contributed by atoms with Crippen molar-refractivity contribution in [2.24, 2.45) is 0 Å². The fraction of sp³-hybridized carbons (Fsp3) is 0.174. The van der Waals surface area contributed by atoms with E-state index in [1.54, 1.807) is 47.8 Å². The first-order valence-electron chi connectivity index (χ1n) is 9.12. The number of benzene rings is 2. The van der Waals surface area contributed by atoms with Crippen LogP contribution in [-0.2, 0) is 19.1 Å². The maximum atomic E-state index is 12.7. The quantitative estimate of drug-likeness (QED) is 0.157. The Morgan fingerprint density at radius 3 is 1.40 bits per heavy atom. The van der Waals surface area contributed by atoms with Gasteiger partial charge in [0.05, 0.1) is 0 Å². The molecule has 0 spiro atoms. The van der Waals surface area contributed by atoms with E-state index in [1.165, 1.54) is 0 Å². The second kappa shape index (κ2) is 12.7. The Kier molecular flexibility index (Phi) is 9.97. The molecule has 2 aromatic rings. The number of thioether (sulfide) groups is 2. The highest BCUT2D eigenvalue weighted by molar-refractivity contribution is 7.99. The zero-order valence-corrected chi connectivity index (χ0v) is 18.0. The zero-order valence-electron chi connectivity index (χ0n) is 16.4. The normalized spacial score (nSPS) is 10.1. The molecule has 5 nitrogen and oxygen atoms in total. The highest BCUT2D eigenvalue weighted by Crippen LogP contribution is 2.22. The summed E-state index contributed by atoms with van der Waals surface area (Å²) < 4.78 is 9.86. The van der Waals surface area contributed by atoms with Gasteiger partial charge in [0.1, 0.15) is 13.2 Å². The lowest BCUT2D eigenvalue weighted by Crippen LogP contribution is -2.04. The van der Waals surface area contributed by atoms with Gasteiger partial charge in [0.15, 0.2) is 5.78 Å². The van der Waals surface area contributed by atoms with E-state index < -0.39 is 11.9 Å². The lowest BCUT2D eigenvalue weighted by molar-refractivity contribution is -0.138. The highest BCUT2D eigenvalue weighted by Gasteiger charge is 2.09. The summed E-state index contributed by atoms with van der Waals surface area (Å²) >= 11 is 3.08. The van der Waals surface area contributed by atoms with Crippen LogP contribution in [0, 0.1) is 0 Å². The minimum atomic E-state index is -0.433. The molecule has 0 N–H and O–H groups in total. The molecule has 0 bridgehead atoms. The first-order valence-corrected chi connectivity index (χ1v) is 11.1. The molecule has 156 valence electrons. The van der Waals surface area contributed by atoms with E-state index in [4.69, 9.17) is 9.47 Å². The fourth-order valence-electron chi connectivity index (χ4n) is 2.29. The summed E-state index contributed by atoms with van der Waals surface area (Å²) in [5.74, 6) is 0.328. The van der Waals surface area contributed by atoms with Crippen molar-refractivity contribution in [3.63, 3.8) is 0 Å². The molecule has 30 heavy (non-hydrogen) atoms. The van der Waals surface area contributed by atoms with Crippen molar-refractivity contribution in [2.45, 2.75) is 9.79 Å². The van der Waals surface area contributed by atoms with Gasteiger partial charge in [-0.05, 0) is 48.5 Å². The molecule has 0 aliphatic carbocycles. The Balaban J connectivity index is 1.82. The number of hydrogen-bond acceptors (Lipinski definition) is 7. The molecule has 0 atom stereocenters. The van der Waals surface area contributed by atoms with Gasteiger partial charge in [-0.1, -0.05) is 13.2 Å². The van der Waals surface area contributed by atoms with E-state index in [0.29, 0.717) is 35.8 Å². The van der Waals surface area contributed by atoms with Crippen LogP contribution < -0.4 is 0 Å². The number of carbonyl (C=O) groups is 3. The average Bonchev–Trinajstić information content (AvgIpc) is 2.79. The van der Waals surface area contributed by atoms with Crippen molar-refractivity contribution in [3.8, 4) is 0 Å². The van der Waals surface area contributed by atoms with Gasteiger partial charge in [0.2, 0.25) is 0 Å². The lowest BCUT2D eigenvalue weighted by atomic mass is 10.0. The SMILES string of the molecule is C=CC(=O)OCCSc1ccc(C(=O)c2ccc(SCCOC(=O)C=C)cc2)cc1. The first kappa shape index (κ1) is 23.5. The van der Waals surface area contributed by atoms with Crippen molar-refractivity contribution < 1.29 is 23.9 Å². The Morgan fingerprint density at radius 1 is 0.700 bits per heavy atom. The molecule has 0 fully saturated rings. The van der Waals surface area contributed by atoms with E-state index in [9.17, 15) is 14.4 Å². The average molecular weight is 443 g/mol. The van der Waals surface area contributed by atoms with Crippen LogP contribution in [0.15, 0.2) is 83.6 Å². The molecule has 7 heteroatoms. The third-order valence-electron chi connectivity index (χ3n) is 3.76. The molecular formula is C23H22O5S2. The molecule has 0 unspecified atom stereocenters. The smallest absolute Gasteiger partial charge is 0.330 e. The fourth-order valence-corrected chi connectivity index (χ4v) is 3.75. The molecule has 0 saturated heterocycles. The Bertz CT molecular complexity index is 815. The van der Waals surface area contributed by atoms with Gasteiger partial charge in [-0.3, -0.25) is 4.79 Å². The van der Waals surface area contributed by atoms with Crippen LogP contribution in [0.3, 0.4) is 0 Å². The van der Waals surface area contributed by atoms with Gasteiger partial charge in [-0.2, -0.15) is 0 Å². The minimum absolute atomic E-state index is 0.0528. The van der Waals surface area contributed by atoms with Gasteiger partial charge in [-0.15, -0.1) is 23.5 Å². The molecule has 0 aromatic heterocycles. The van der Waals surface area contributed by atoms with Crippen LogP contribution >= 0.6 is 23.5 Å². The van der Waals surface area contributed by atoms with Crippen LogP contribution in [0.2, 0.25) is 0 Å². The predicted octanol–water partition coefficient (Wildman–Crippen LogP) is 4.56. The topological polar surface area (TPSA) is 69.7 Å². The molecule has 0 aliphatic rings. The monoisotopic (exact) mass is 442 g/mol. The van der Waals surface area contributed by atoms with Crippen LogP contribution in [0.25, 0.3) is 0 Å². The maximum absolute atomic E-state index is 12.7. The first-order chi connectivity index (χ1) is 14.5. The third-order valence-corrected chi connectivity index (χ3v) is 5.71. The summed E-state index contributed by atoms with van der Waals surface area (Å²) in [4.78, 5) is 36.6. The van der Waals surface area contributed by atoms with Crippen LogP contribution in [0.5, 0.6) is 0 Å². The molecule has 0 aliphatic heterocycles. The number of ketones is 1. The molecule has 0 amide bonds. The molecule has 2 rings (SSSR count). The third kappa shape index (κ3) is 7.93. The van der Waals surface area contributed by atoms with Crippen molar-refractivity contribution in [3.05, 3.63) is 85.0 Å². The predicted molar refractivity (Wildman–Crippen MR) is 120 cm³/mol. The summed E-state index contributed by atoms with van der Waals surface area (Å²) in [6, 6.07) is 14.7. The number of rotatable bonds is 12. The standard InChI is InChI=1S/C23H22O5S2/c1-3-21(24)27-13-15-29-19-9-5-17(6-10-19)23(26)18-7-11-20(12-8-18)30-16-14-28-22(25)4-2/h3-12H,1-2,13-16H2. The summed E-state index contributed by atoms with van der Waals surface area (Å²) in [5, 5.41) is 0. The minimum Gasteiger partial charge on any atom is -0.462 e. The molecular weight excluding hydrogens is 420 g/mol. The number of ether oxygens (including phenoxy) is 2. The Morgan fingerprint density at radius 2 is 1.07 bits per heavy atom. The Labute approximate surface area is 184 Å². The van der Waals surface area contributed by atoms with Crippen molar-refractivity contribution in [1.29, 1.82) is 0 Å². The van der Waals surface area contributed by atoms with Gasteiger partial charge < -0.3 is 9.47 Å². The highest BCUT2D eigenvalue weighted by atomic mass is 32.2. The molecule has 0 radical (unpaired) electrons. The number of carbonyl (C=O) groups excluding carboxylic acids is 3. The largest absolute Gasteiger partial charge is 0.462 e. The van der Waals surface area contributed by atoms with Gasteiger partial charge >= 0.3 is 11.9 Å². The molecule has 0 saturated carbocycles. The number of esters is 2. The zero-order chi connectivity index (χ0) is 21.8. The van der Waals surface area contributed by atoms with Crippen molar-refractivity contribution >= 4 is 41.2 Å². The summed E-state index contributed by atoms with van der Waals surface area (Å²) in [5.41, 5.74) is 1.21. The second-order valence-electron chi connectivity index (χ2n) is 5.82. The van der Waals surface area contributed by atoms with Gasteiger partial charge in [0, 0.05) is 44.6 Å². The molecule has 2 aromatic carbocycles. The summed E-state index contributed by atoms with van der Waals surface area (Å²) in [6.45, 7) is 7.30. The summed E-state index contributed by atoms with van der Waals surface area (Å²) in [6.07, 6.45) is 2.27. The van der Waals surface area contributed by atoms with Crippen LogP contribution in [0.1, 0.15) is 15.9 Å². The maximum Gasteiger partial charge on any atom is 0.330 e. The molecule has 0 heterocycles. The second-order valence-corrected chi connectivity index (χ2v) is 8.15. The van der Waals surface area contributed by atoms with E-state index in [-0.39, 0.29) is 5.78 Å².